The quantitative estimate of drug-likeness (QED) is 0.523. The Labute approximate surface area is 165 Å². The van der Waals surface area contributed by atoms with Crippen molar-refractivity contribution in [2.24, 2.45) is 0 Å². The molecule has 0 bridgehead atoms. The minimum Gasteiger partial charge on any atom is -0.313 e. The molecule has 0 saturated carbocycles. The maximum Gasteiger partial charge on any atom is 0.211 e. The van der Waals surface area contributed by atoms with Gasteiger partial charge in [-0.15, -0.1) is 10.2 Å². The van der Waals surface area contributed by atoms with Gasteiger partial charge in [0.25, 0.3) is 0 Å². The number of nitrogens with zero attached hydrogens (tertiary/aromatic N) is 6. The molecule has 4 rings (SSSR count). The van der Waals surface area contributed by atoms with Crippen LogP contribution >= 0.6 is 22.9 Å². The summed E-state index contributed by atoms with van der Waals surface area (Å²) in [4.78, 5) is 0. The fourth-order valence-electron chi connectivity index (χ4n) is 2.62. The molecule has 0 aliphatic heterocycles. The summed E-state index contributed by atoms with van der Waals surface area (Å²) in [5.74, 6) is 0.735. The van der Waals surface area contributed by atoms with Crippen molar-refractivity contribution in [3.63, 3.8) is 0 Å². The molecule has 7 nitrogen and oxygen atoms in total. The molecule has 0 amide bonds. The summed E-state index contributed by atoms with van der Waals surface area (Å²) in [6.07, 6.45) is 3.75. The van der Waals surface area contributed by atoms with Crippen LogP contribution < -0.4 is 5.32 Å². The molecule has 9 heteroatoms. The van der Waals surface area contributed by atoms with Crippen LogP contribution in [0.25, 0.3) is 0 Å². The predicted octanol–water partition coefficient (Wildman–Crippen LogP) is 4.29. The summed E-state index contributed by atoms with van der Waals surface area (Å²) in [5.41, 5.74) is 2.00. The summed E-state index contributed by atoms with van der Waals surface area (Å²) in [6, 6.07) is 12.1. The Morgan fingerprint density at radius 3 is 2.70 bits per heavy atom. The van der Waals surface area contributed by atoms with Crippen LogP contribution in [-0.4, -0.2) is 29.8 Å². The number of anilines is 2. The van der Waals surface area contributed by atoms with Gasteiger partial charge in [0.1, 0.15) is 11.0 Å². The van der Waals surface area contributed by atoms with Gasteiger partial charge < -0.3 is 5.32 Å². The number of hydrogen-bond acceptors (Lipinski definition) is 6. The van der Waals surface area contributed by atoms with E-state index in [0.29, 0.717) is 10.2 Å². The number of aryl methyl sites for hydroxylation is 1. The smallest absolute Gasteiger partial charge is 0.211 e. The van der Waals surface area contributed by atoms with E-state index in [-0.39, 0.29) is 6.04 Å². The van der Waals surface area contributed by atoms with E-state index in [1.165, 1.54) is 16.9 Å². The van der Waals surface area contributed by atoms with E-state index in [4.69, 9.17) is 11.6 Å². The second kappa shape index (κ2) is 7.50. The molecule has 0 fully saturated rings. The van der Waals surface area contributed by atoms with Crippen molar-refractivity contribution in [1.82, 2.24) is 29.8 Å². The van der Waals surface area contributed by atoms with Gasteiger partial charge in [-0.3, -0.25) is 9.36 Å². The molecule has 0 aliphatic rings. The Bertz CT molecular complexity index is 1020. The van der Waals surface area contributed by atoms with Gasteiger partial charge in [-0.1, -0.05) is 53.3 Å². The molecule has 3 aromatic heterocycles. The lowest BCUT2D eigenvalue weighted by molar-refractivity contribution is 0.554. The molecule has 1 aromatic carbocycles. The summed E-state index contributed by atoms with van der Waals surface area (Å²) in [5, 5.41) is 22.8. The molecule has 0 aliphatic carbocycles. The first kappa shape index (κ1) is 17.7. The second-order valence-corrected chi connectivity index (χ2v) is 7.59. The molecule has 1 atom stereocenters. The predicted molar refractivity (Wildman–Crippen MR) is 107 cm³/mol. The molecular formula is C18H18ClN7S. The number of hydrogen-bond donors (Lipinski definition) is 1. The van der Waals surface area contributed by atoms with Crippen LogP contribution in [-0.2, 0) is 6.54 Å². The van der Waals surface area contributed by atoms with Crippen LogP contribution in [0.5, 0.6) is 0 Å². The van der Waals surface area contributed by atoms with E-state index in [1.807, 2.05) is 49.0 Å². The first-order valence-electron chi connectivity index (χ1n) is 8.47. The lowest BCUT2D eigenvalue weighted by Crippen LogP contribution is -2.07. The lowest BCUT2D eigenvalue weighted by Gasteiger charge is -2.07. The Hall–Kier alpha value is -2.71. The highest BCUT2D eigenvalue weighted by atomic mass is 35.5. The molecule has 0 saturated heterocycles. The standard InChI is InChI=1S/C18H18ClN7S/c1-12-15(19)11-26(23-12)13(2)17-21-22-18(27-17)20-16-8-9-25(24-16)10-14-6-4-3-5-7-14/h3-9,11,13H,10H2,1-2H3,(H,20,22,24)/t13-/m0/s1. The van der Waals surface area contributed by atoms with Crippen molar-refractivity contribution < 1.29 is 0 Å². The van der Waals surface area contributed by atoms with Gasteiger partial charge in [-0.05, 0) is 19.4 Å². The van der Waals surface area contributed by atoms with E-state index < -0.39 is 0 Å². The third-order valence-electron chi connectivity index (χ3n) is 4.11. The topological polar surface area (TPSA) is 73.5 Å². The zero-order chi connectivity index (χ0) is 18.8. The van der Waals surface area contributed by atoms with Gasteiger partial charge in [-0.25, -0.2) is 0 Å². The van der Waals surface area contributed by atoms with Crippen LogP contribution in [0, 0.1) is 6.92 Å². The maximum absolute atomic E-state index is 6.09. The summed E-state index contributed by atoms with van der Waals surface area (Å²) in [7, 11) is 0. The van der Waals surface area contributed by atoms with E-state index in [0.717, 1.165) is 23.1 Å². The third-order valence-corrected chi connectivity index (χ3v) is 5.49. The van der Waals surface area contributed by atoms with Crippen LogP contribution in [0.3, 0.4) is 0 Å². The number of benzene rings is 1. The fourth-order valence-corrected chi connectivity index (χ4v) is 3.55. The first-order valence-corrected chi connectivity index (χ1v) is 9.67. The van der Waals surface area contributed by atoms with Crippen LogP contribution in [0.4, 0.5) is 10.9 Å². The van der Waals surface area contributed by atoms with E-state index in [2.05, 4.69) is 37.8 Å². The van der Waals surface area contributed by atoms with Crippen molar-refractivity contribution in [3.8, 4) is 0 Å². The van der Waals surface area contributed by atoms with Crippen LogP contribution in [0.2, 0.25) is 5.02 Å². The number of rotatable bonds is 6. The Morgan fingerprint density at radius 1 is 1.15 bits per heavy atom. The molecule has 1 N–H and O–H groups in total. The Kier molecular flexibility index (Phi) is 4.91. The van der Waals surface area contributed by atoms with Crippen molar-refractivity contribution in [1.29, 1.82) is 0 Å². The maximum atomic E-state index is 6.09. The van der Waals surface area contributed by atoms with Crippen molar-refractivity contribution in [2.75, 3.05) is 5.32 Å². The Morgan fingerprint density at radius 2 is 1.96 bits per heavy atom. The zero-order valence-electron chi connectivity index (χ0n) is 14.9. The normalized spacial score (nSPS) is 12.3. The molecule has 4 aromatic rings. The third kappa shape index (κ3) is 4.01. The number of nitrogens with one attached hydrogen (secondary N) is 1. The van der Waals surface area contributed by atoms with Gasteiger partial charge in [-0.2, -0.15) is 10.2 Å². The first-order chi connectivity index (χ1) is 13.1. The van der Waals surface area contributed by atoms with Gasteiger partial charge >= 0.3 is 0 Å². The molecule has 0 radical (unpaired) electrons. The number of halogens is 1. The Balaban J connectivity index is 1.43. The highest BCUT2D eigenvalue weighted by Crippen LogP contribution is 2.27. The summed E-state index contributed by atoms with van der Waals surface area (Å²) >= 11 is 7.57. The fraction of sp³-hybridized carbons (Fsp3) is 0.222. The van der Waals surface area contributed by atoms with Crippen molar-refractivity contribution >= 4 is 33.9 Å². The minimum atomic E-state index is -0.0418. The minimum absolute atomic E-state index is 0.0418. The van der Waals surface area contributed by atoms with Crippen molar-refractivity contribution in [2.45, 2.75) is 26.4 Å². The lowest BCUT2D eigenvalue weighted by atomic mass is 10.2. The molecule has 0 spiro atoms. The average Bonchev–Trinajstić information content (AvgIpc) is 3.38. The van der Waals surface area contributed by atoms with E-state index in [1.54, 1.807) is 10.9 Å². The summed E-state index contributed by atoms with van der Waals surface area (Å²) < 4.78 is 3.69. The second-order valence-electron chi connectivity index (χ2n) is 6.17. The van der Waals surface area contributed by atoms with Crippen molar-refractivity contribution in [3.05, 3.63) is 70.1 Å². The highest BCUT2D eigenvalue weighted by Gasteiger charge is 2.16. The zero-order valence-corrected chi connectivity index (χ0v) is 16.4. The van der Waals surface area contributed by atoms with Gasteiger partial charge in [0, 0.05) is 18.5 Å². The molecule has 3 heterocycles. The number of aromatic nitrogens is 6. The van der Waals surface area contributed by atoms with E-state index in [9.17, 15) is 0 Å². The molecule has 0 unspecified atom stereocenters. The van der Waals surface area contributed by atoms with Crippen LogP contribution in [0.1, 0.15) is 29.2 Å². The summed E-state index contributed by atoms with van der Waals surface area (Å²) in [6.45, 7) is 4.62. The largest absolute Gasteiger partial charge is 0.313 e. The SMILES string of the molecule is Cc1nn([C@@H](C)c2nnc(Nc3ccn(Cc4ccccc4)n3)s2)cc1Cl. The van der Waals surface area contributed by atoms with Gasteiger partial charge in [0.2, 0.25) is 5.13 Å². The van der Waals surface area contributed by atoms with Gasteiger partial charge in [0.05, 0.1) is 17.3 Å². The highest BCUT2D eigenvalue weighted by molar-refractivity contribution is 7.15. The van der Waals surface area contributed by atoms with Crippen LogP contribution in [0.15, 0.2) is 48.8 Å². The molecular weight excluding hydrogens is 382 g/mol. The molecule has 138 valence electrons. The van der Waals surface area contributed by atoms with E-state index >= 15 is 0 Å². The average molecular weight is 400 g/mol. The van der Waals surface area contributed by atoms with Gasteiger partial charge in [0.15, 0.2) is 5.82 Å². The monoisotopic (exact) mass is 399 g/mol. The molecule has 27 heavy (non-hydrogen) atoms.